The van der Waals surface area contributed by atoms with Crippen molar-refractivity contribution >= 4 is 16.7 Å². The number of aromatic nitrogens is 2. The number of nitrogens with zero attached hydrogens (tertiary/aromatic N) is 2. The smallest absolute Gasteiger partial charge is 0.216 e. The highest BCUT2D eigenvalue weighted by molar-refractivity contribution is 5.85. The van der Waals surface area contributed by atoms with E-state index in [1.165, 1.54) is 39.3 Å². The summed E-state index contributed by atoms with van der Waals surface area (Å²) in [5.41, 5.74) is 8.09. The fourth-order valence-electron chi connectivity index (χ4n) is 6.82. The van der Waals surface area contributed by atoms with Crippen LogP contribution in [0.5, 0.6) is 0 Å². The second-order valence-electron chi connectivity index (χ2n) is 11.7. The van der Waals surface area contributed by atoms with Crippen LogP contribution in [0, 0.1) is 11.3 Å². The van der Waals surface area contributed by atoms with Gasteiger partial charge in [-0.15, -0.1) is 0 Å². The molecule has 2 nitrogen and oxygen atoms in total. The van der Waals surface area contributed by atoms with Crippen LogP contribution in [0.15, 0.2) is 78.4 Å². The first-order valence-electron chi connectivity index (χ1n) is 13.4. The highest BCUT2D eigenvalue weighted by Gasteiger charge is 2.57. The molecule has 1 aromatic heterocycles. The number of benzene rings is 2. The van der Waals surface area contributed by atoms with Gasteiger partial charge in [0.15, 0.2) is 11.0 Å². The van der Waals surface area contributed by atoms with Crippen LogP contribution < -0.4 is 4.57 Å². The van der Waals surface area contributed by atoms with Gasteiger partial charge in [-0.2, -0.15) is 4.57 Å². The van der Waals surface area contributed by atoms with Gasteiger partial charge in [0.1, 0.15) is 11.2 Å². The van der Waals surface area contributed by atoms with Gasteiger partial charge in [0.25, 0.3) is 5.82 Å². The summed E-state index contributed by atoms with van der Waals surface area (Å²) < 4.78 is 5.32. The van der Waals surface area contributed by atoms with Crippen LogP contribution in [0.2, 0.25) is 0 Å². The van der Waals surface area contributed by atoms with Gasteiger partial charge in [0.2, 0.25) is 0 Å². The molecule has 2 heteroatoms. The van der Waals surface area contributed by atoms with Gasteiger partial charge in [-0.25, -0.2) is 4.57 Å². The van der Waals surface area contributed by atoms with Crippen molar-refractivity contribution < 1.29 is 4.57 Å². The third-order valence-corrected chi connectivity index (χ3v) is 9.26. The largest absolute Gasteiger partial charge is 0.295 e. The summed E-state index contributed by atoms with van der Waals surface area (Å²) in [6, 6.07) is 18.2. The maximum Gasteiger partial charge on any atom is 0.295 e. The molecular formula is C33H41N2+. The van der Waals surface area contributed by atoms with Crippen LogP contribution >= 0.6 is 0 Å². The van der Waals surface area contributed by atoms with Crippen LogP contribution in [0.1, 0.15) is 73.8 Å². The molecule has 0 bridgehead atoms. The summed E-state index contributed by atoms with van der Waals surface area (Å²) in [6.45, 7) is 19.1. The van der Waals surface area contributed by atoms with E-state index in [-0.39, 0.29) is 16.4 Å². The van der Waals surface area contributed by atoms with E-state index in [0.29, 0.717) is 5.92 Å². The molecule has 0 fully saturated rings. The summed E-state index contributed by atoms with van der Waals surface area (Å²) >= 11 is 0. The Kier molecular flexibility index (Phi) is 5.51. The summed E-state index contributed by atoms with van der Waals surface area (Å²) in [5.74, 6) is 1.74. The van der Waals surface area contributed by atoms with Crippen LogP contribution in [0.25, 0.3) is 28.1 Å². The minimum Gasteiger partial charge on any atom is -0.216 e. The molecule has 3 aromatic rings. The summed E-state index contributed by atoms with van der Waals surface area (Å²) in [6.07, 6.45) is 11.3. The molecule has 0 spiro atoms. The van der Waals surface area contributed by atoms with E-state index in [1.54, 1.807) is 0 Å². The molecule has 0 amide bonds. The lowest BCUT2D eigenvalue weighted by molar-refractivity contribution is -0.743. The Bertz CT molecular complexity index is 1390. The Morgan fingerprint density at radius 1 is 0.857 bits per heavy atom. The minimum atomic E-state index is -0.123. The van der Waals surface area contributed by atoms with E-state index in [4.69, 9.17) is 0 Å². The van der Waals surface area contributed by atoms with E-state index in [2.05, 4.69) is 137 Å². The lowest BCUT2D eigenvalue weighted by Gasteiger charge is -2.48. The SMILES string of the molecule is CCC1(C)c2ccccc2-c2n(C3=C(C(C)C)C=CC=CC3(C)C)c3ccccc3[n+]2C1(C)CC. The predicted octanol–water partition coefficient (Wildman–Crippen LogP) is 8.42. The van der Waals surface area contributed by atoms with Crippen molar-refractivity contribution in [3.8, 4) is 11.4 Å². The van der Waals surface area contributed by atoms with Gasteiger partial charge in [0.05, 0.1) is 5.56 Å². The zero-order chi connectivity index (χ0) is 25.2. The predicted molar refractivity (Wildman–Crippen MR) is 149 cm³/mol. The Morgan fingerprint density at radius 2 is 1.54 bits per heavy atom. The Labute approximate surface area is 211 Å². The zero-order valence-electron chi connectivity index (χ0n) is 22.8. The highest BCUT2D eigenvalue weighted by Crippen LogP contribution is 2.52. The third kappa shape index (κ3) is 3.11. The van der Waals surface area contributed by atoms with E-state index in [1.807, 2.05) is 0 Å². The van der Waals surface area contributed by atoms with E-state index < -0.39 is 0 Å². The fourth-order valence-corrected chi connectivity index (χ4v) is 6.82. The lowest BCUT2D eigenvalue weighted by Crippen LogP contribution is -2.67. The quantitative estimate of drug-likeness (QED) is 0.342. The minimum absolute atomic E-state index is 0.0268. The Morgan fingerprint density at radius 3 is 2.23 bits per heavy atom. The Hall–Kier alpha value is -2.87. The first kappa shape index (κ1) is 23.9. The molecule has 1 aliphatic heterocycles. The number of allylic oxidation sites excluding steroid dienone is 6. The van der Waals surface area contributed by atoms with Crippen molar-refractivity contribution in [2.45, 2.75) is 79.2 Å². The second kappa shape index (κ2) is 8.08. The van der Waals surface area contributed by atoms with Gasteiger partial charge in [0, 0.05) is 10.8 Å². The van der Waals surface area contributed by atoms with Crippen LogP contribution in [0.4, 0.5) is 0 Å². The van der Waals surface area contributed by atoms with Crippen molar-refractivity contribution in [1.29, 1.82) is 0 Å². The molecule has 2 atom stereocenters. The fraction of sp³-hybridized carbons (Fsp3) is 0.424. The van der Waals surface area contributed by atoms with Gasteiger partial charge in [-0.1, -0.05) is 89.3 Å². The lowest BCUT2D eigenvalue weighted by atomic mass is 9.61. The van der Waals surface area contributed by atoms with Crippen molar-refractivity contribution in [2.24, 2.45) is 11.3 Å². The molecule has 2 unspecified atom stereocenters. The monoisotopic (exact) mass is 465 g/mol. The molecule has 0 radical (unpaired) electrons. The number of para-hydroxylation sites is 2. The molecule has 182 valence electrons. The third-order valence-electron chi connectivity index (χ3n) is 9.26. The van der Waals surface area contributed by atoms with Crippen molar-refractivity contribution in [2.75, 3.05) is 0 Å². The standard InChI is InChI=1S/C33H41N2/c1-9-32(7)26-19-12-11-18-25(26)30-34(29-24(23(3)4)17-15-16-22-31(29,5)6)27-20-13-14-21-28(27)35(30)33(32,8)10-2/h11-23H,9-10H2,1-8H3/q+1. The maximum absolute atomic E-state index is 2.70. The number of hydrogen-bond acceptors (Lipinski definition) is 0. The first-order valence-corrected chi connectivity index (χ1v) is 13.4. The zero-order valence-corrected chi connectivity index (χ0v) is 22.8. The average Bonchev–Trinajstić information content (AvgIpc) is 3.10. The van der Waals surface area contributed by atoms with E-state index >= 15 is 0 Å². The topological polar surface area (TPSA) is 8.81 Å². The van der Waals surface area contributed by atoms with E-state index in [0.717, 1.165) is 12.8 Å². The highest BCUT2D eigenvalue weighted by atomic mass is 15.2. The van der Waals surface area contributed by atoms with Gasteiger partial charge in [-0.3, -0.25) is 0 Å². The molecule has 35 heavy (non-hydrogen) atoms. The second-order valence-corrected chi connectivity index (χ2v) is 11.7. The normalized spacial score (nSPS) is 25.2. The van der Waals surface area contributed by atoms with Crippen LogP contribution in [-0.2, 0) is 11.0 Å². The van der Waals surface area contributed by atoms with Crippen LogP contribution in [0.3, 0.4) is 0 Å². The van der Waals surface area contributed by atoms with Gasteiger partial charge in [-0.05, 0) is 68.9 Å². The molecule has 2 heterocycles. The van der Waals surface area contributed by atoms with Crippen molar-refractivity contribution in [3.05, 3.63) is 84.0 Å². The molecule has 2 aliphatic rings. The van der Waals surface area contributed by atoms with E-state index in [9.17, 15) is 0 Å². The number of fused-ring (bicyclic) bond motifs is 5. The summed E-state index contributed by atoms with van der Waals surface area (Å²) in [5, 5.41) is 0. The number of rotatable bonds is 4. The molecular weight excluding hydrogens is 424 g/mol. The molecule has 2 aromatic carbocycles. The van der Waals surface area contributed by atoms with Crippen LogP contribution in [-0.4, -0.2) is 4.57 Å². The molecule has 0 N–H and O–H groups in total. The molecule has 5 rings (SSSR count). The summed E-state index contributed by atoms with van der Waals surface area (Å²) in [4.78, 5) is 0. The van der Waals surface area contributed by atoms with Crippen molar-refractivity contribution in [1.82, 2.24) is 4.57 Å². The molecule has 1 aliphatic carbocycles. The molecule has 0 saturated carbocycles. The van der Waals surface area contributed by atoms with Gasteiger partial charge < -0.3 is 0 Å². The van der Waals surface area contributed by atoms with Crippen molar-refractivity contribution in [3.63, 3.8) is 0 Å². The Balaban J connectivity index is 2.06. The summed E-state index contributed by atoms with van der Waals surface area (Å²) in [7, 11) is 0. The number of hydrogen-bond donors (Lipinski definition) is 0. The number of imidazole rings is 1. The first-order chi connectivity index (χ1) is 16.6. The van der Waals surface area contributed by atoms with Gasteiger partial charge >= 0.3 is 0 Å². The maximum atomic E-state index is 2.70. The average molecular weight is 466 g/mol. The molecule has 0 saturated heterocycles.